The molecule has 0 fully saturated rings. The van der Waals surface area contributed by atoms with Crippen LogP contribution in [0.3, 0.4) is 0 Å². The van der Waals surface area contributed by atoms with E-state index in [0.29, 0.717) is 11.4 Å². The molecule has 0 aliphatic rings. The molecule has 0 aliphatic heterocycles. The highest BCUT2D eigenvalue weighted by atomic mass is 32.1. The fraction of sp³-hybridized carbons (Fsp3) is 0.417. The van der Waals surface area contributed by atoms with E-state index in [2.05, 4.69) is 10.6 Å². The third kappa shape index (κ3) is 4.23. The van der Waals surface area contributed by atoms with Crippen LogP contribution in [-0.4, -0.2) is 29.1 Å². The number of anilines is 1. The van der Waals surface area contributed by atoms with Crippen LogP contribution < -0.4 is 16.4 Å². The highest BCUT2D eigenvalue weighted by Gasteiger charge is 2.25. The summed E-state index contributed by atoms with van der Waals surface area (Å²) in [5.41, 5.74) is 5.06. The monoisotopic (exact) mass is 299 g/mol. The number of carbonyl (C=O) groups excluding carboxylic acids is 2. The van der Waals surface area contributed by atoms with E-state index in [1.165, 1.54) is 12.1 Å². The third-order valence-corrected chi connectivity index (χ3v) is 3.85. The zero-order chi connectivity index (χ0) is 15.3. The first-order chi connectivity index (χ1) is 9.35. The molecule has 20 heavy (non-hydrogen) atoms. The van der Waals surface area contributed by atoms with Crippen molar-refractivity contribution >= 4 is 34.2 Å². The van der Waals surface area contributed by atoms with Crippen molar-refractivity contribution in [3.05, 3.63) is 17.0 Å². The molecule has 1 heterocycles. The Kier molecular flexibility index (Phi) is 5.51. The summed E-state index contributed by atoms with van der Waals surface area (Å²) >= 11 is 0.949. The zero-order valence-electron chi connectivity index (χ0n) is 11.2. The van der Waals surface area contributed by atoms with Gasteiger partial charge in [-0.1, -0.05) is 20.3 Å². The Morgan fingerprint density at radius 2 is 2.05 bits per heavy atom. The van der Waals surface area contributed by atoms with Crippen molar-refractivity contribution < 1.29 is 19.5 Å². The number of nitrogens with two attached hydrogens (primary N) is 1. The lowest BCUT2D eigenvalue weighted by Crippen LogP contribution is -2.49. The van der Waals surface area contributed by atoms with E-state index in [0.717, 1.165) is 11.3 Å². The molecule has 1 rings (SSSR count). The summed E-state index contributed by atoms with van der Waals surface area (Å²) < 4.78 is 0. The number of hydrogen-bond acceptors (Lipinski definition) is 4. The van der Waals surface area contributed by atoms with Crippen LogP contribution in [0.2, 0.25) is 0 Å². The molecule has 0 saturated carbocycles. The number of thiophene rings is 1. The van der Waals surface area contributed by atoms with Gasteiger partial charge in [-0.15, -0.1) is 11.3 Å². The first kappa shape index (κ1) is 16.0. The van der Waals surface area contributed by atoms with Crippen molar-refractivity contribution in [1.29, 1.82) is 0 Å². The van der Waals surface area contributed by atoms with Crippen LogP contribution in [0.15, 0.2) is 12.1 Å². The molecule has 3 amide bonds. The second kappa shape index (κ2) is 6.90. The molecule has 110 valence electrons. The van der Waals surface area contributed by atoms with E-state index in [1.54, 1.807) is 0 Å². The summed E-state index contributed by atoms with van der Waals surface area (Å²) in [7, 11) is 0. The minimum Gasteiger partial charge on any atom is -0.477 e. The third-order valence-electron chi connectivity index (χ3n) is 2.86. The second-order valence-corrected chi connectivity index (χ2v) is 5.41. The van der Waals surface area contributed by atoms with Gasteiger partial charge in [0.25, 0.3) is 0 Å². The number of amides is 3. The van der Waals surface area contributed by atoms with Gasteiger partial charge in [-0.3, -0.25) is 4.79 Å². The van der Waals surface area contributed by atoms with Gasteiger partial charge in [-0.2, -0.15) is 0 Å². The molecule has 0 spiro atoms. The van der Waals surface area contributed by atoms with Crippen molar-refractivity contribution in [2.24, 2.45) is 11.7 Å². The summed E-state index contributed by atoms with van der Waals surface area (Å²) in [5, 5.41) is 14.2. The molecule has 1 aromatic rings. The number of hydrogen-bond donors (Lipinski definition) is 4. The highest BCUT2D eigenvalue weighted by molar-refractivity contribution is 7.18. The molecule has 5 N–H and O–H groups in total. The standard InChI is InChI=1S/C12H17N3O4S/c1-3-6(2)9(15-12(13)19)10(16)14-8-5-4-7(20-8)11(17)18/h4-6,9H,3H2,1-2H3,(H,14,16)(H,17,18)(H3,13,15,19). The lowest BCUT2D eigenvalue weighted by Gasteiger charge is -2.22. The largest absolute Gasteiger partial charge is 0.477 e. The molecule has 1 aromatic heterocycles. The van der Waals surface area contributed by atoms with E-state index in [1.807, 2.05) is 13.8 Å². The first-order valence-electron chi connectivity index (χ1n) is 6.05. The van der Waals surface area contributed by atoms with Crippen LogP contribution in [0.5, 0.6) is 0 Å². The molecule has 0 aliphatic carbocycles. The number of urea groups is 1. The van der Waals surface area contributed by atoms with E-state index in [-0.39, 0.29) is 10.8 Å². The number of carbonyl (C=O) groups is 3. The van der Waals surface area contributed by atoms with Gasteiger partial charge < -0.3 is 21.5 Å². The Bertz CT molecular complexity index is 515. The van der Waals surface area contributed by atoms with Crippen LogP contribution in [0.25, 0.3) is 0 Å². The lowest BCUT2D eigenvalue weighted by atomic mass is 9.98. The minimum absolute atomic E-state index is 0.0959. The van der Waals surface area contributed by atoms with Gasteiger partial charge in [0, 0.05) is 0 Å². The van der Waals surface area contributed by atoms with Gasteiger partial charge in [0.05, 0.1) is 5.00 Å². The number of carboxylic acid groups (broad SMARTS) is 1. The van der Waals surface area contributed by atoms with E-state index in [4.69, 9.17) is 10.8 Å². The number of carboxylic acids is 1. The van der Waals surface area contributed by atoms with Crippen molar-refractivity contribution in [1.82, 2.24) is 5.32 Å². The van der Waals surface area contributed by atoms with E-state index in [9.17, 15) is 14.4 Å². The van der Waals surface area contributed by atoms with Gasteiger partial charge in [0.15, 0.2) is 0 Å². The van der Waals surface area contributed by atoms with E-state index >= 15 is 0 Å². The number of nitrogens with one attached hydrogen (secondary N) is 2. The number of primary amides is 1. The Morgan fingerprint density at radius 1 is 1.40 bits per heavy atom. The van der Waals surface area contributed by atoms with Crippen LogP contribution in [0.4, 0.5) is 9.80 Å². The summed E-state index contributed by atoms with van der Waals surface area (Å²) in [4.78, 5) is 33.9. The van der Waals surface area contributed by atoms with Crippen molar-refractivity contribution in [2.45, 2.75) is 26.3 Å². The van der Waals surface area contributed by atoms with Crippen molar-refractivity contribution in [2.75, 3.05) is 5.32 Å². The maximum Gasteiger partial charge on any atom is 0.345 e. The molecular weight excluding hydrogens is 282 g/mol. The van der Waals surface area contributed by atoms with Crippen molar-refractivity contribution in [3.63, 3.8) is 0 Å². The highest BCUT2D eigenvalue weighted by Crippen LogP contribution is 2.22. The normalized spacial score (nSPS) is 13.3. The van der Waals surface area contributed by atoms with Crippen LogP contribution in [0.1, 0.15) is 29.9 Å². The Balaban J connectivity index is 2.78. The SMILES string of the molecule is CCC(C)C(NC(N)=O)C(=O)Nc1ccc(C(=O)O)s1. The summed E-state index contributed by atoms with van der Waals surface area (Å²) in [6, 6.07) is 1.38. The molecule has 0 saturated heterocycles. The average molecular weight is 299 g/mol. The van der Waals surface area contributed by atoms with Gasteiger partial charge in [-0.25, -0.2) is 9.59 Å². The fourth-order valence-electron chi connectivity index (χ4n) is 1.57. The van der Waals surface area contributed by atoms with Gasteiger partial charge in [-0.05, 0) is 18.1 Å². The minimum atomic E-state index is -1.05. The smallest absolute Gasteiger partial charge is 0.345 e. The van der Waals surface area contributed by atoms with Crippen LogP contribution in [0, 0.1) is 5.92 Å². The average Bonchev–Trinajstić information content (AvgIpc) is 2.83. The van der Waals surface area contributed by atoms with Crippen LogP contribution in [-0.2, 0) is 4.79 Å². The quantitative estimate of drug-likeness (QED) is 0.635. The molecule has 8 heteroatoms. The molecule has 2 unspecified atom stereocenters. The first-order valence-corrected chi connectivity index (χ1v) is 6.86. The van der Waals surface area contributed by atoms with E-state index < -0.39 is 23.9 Å². The summed E-state index contributed by atoms with van der Waals surface area (Å²) in [6.07, 6.45) is 0.684. The molecule has 0 bridgehead atoms. The summed E-state index contributed by atoms with van der Waals surface area (Å²) in [5.74, 6) is -1.57. The van der Waals surface area contributed by atoms with Gasteiger partial charge >= 0.3 is 12.0 Å². The molecule has 2 atom stereocenters. The number of rotatable bonds is 6. The maximum atomic E-state index is 12.1. The molecular formula is C12H17N3O4S. The predicted octanol–water partition coefficient (Wildman–Crippen LogP) is 1.47. The summed E-state index contributed by atoms with van der Waals surface area (Å²) in [6.45, 7) is 3.71. The molecule has 0 aromatic carbocycles. The van der Waals surface area contributed by atoms with Gasteiger partial charge in [0.1, 0.15) is 10.9 Å². The number of aromatic carboxylic acids is 1. The second-order valence-electron chi connectivity index (χ2n) is 4.33. The Hall–Kier alpha value is -2.09. The molecule has 0 radical (unpaired) electrons. The predicted molar refractivity (Wildman–Crippen MR) is 75.9 cm³/mol. The lowest BCUT2D eigenvalue weighted by molar-refractivity contribution is -0.119. The Morgan fingerprint density at radius 3 is 2.50 bits per heavy atom. The maximum absolute atomic E-state index is 12.1. The van der Waals surface area contributed by atoms with Crippen molar-refractivity contribution in [3.8, 4) is 0 Å². The van der Waals surface area contributed by atoms with Crippen LogP contribution >= 0.6 is 11.3 Å². The fourth-order valence-corrected chi connectivity index (χ4v) is 2.32. The topological polar surface area (TPSA) is 122 Å². The zero-order valence-corrected chi connectivity index (χ0v) is 12.0. The van der Waals surface area contributed by atoms with Gasteiger partial charge in [0.2, 0.25) is 5.91 Å². The Labute approximate surface area is 120 Å². The molecule has 7 nitrogen and oxygen atoms in total.